The van der Waals surface area contributed by atoms with Crippen molar-refractivity contribution in [1.82, 2.24) is 0 Å². The normalized spacial score (nSPS) is 16.2. The van der Waals surface area contributed by atoms with E-state index in [2.05, 4.69) is 26.0 Å². The predicted molar refractivity (Wildman–Crippen MR) is 79.4 cm³/mol. The molecular weight excluding hydrogens is 234 g/mol. The molecule has 0 saturated heterocycles. The second-order valence-corrected chi connectivity index (χ2v) is 5.77. The summed E-state index contributed by atoms with van der Waals surface area (Å²) in [6.07, 6.45) is 5.47. The Morgan fingerprint density at radius 3 is 2.47 bits per heavy atom. The van der Waals surface area contributed by atoms with Crippen molar-refractivity contribution in [2.45, 2.75) is 51.9 Å². The van der Waals surface area contributed by atoms with Crippen LogP contribution in [0.25, 0.3) is 0 Å². The van der Waals surface area contributed by atoms with Gasteiger partial charge in [-0.3, -0.25) is 4.79 Å². The van der Waals surface area contributed by atoms with Gasteiger partial charge < -0.3 is 5.73 Å². The van der Waals surface area contributed by atoms with Gasteiger partial charge in [0.15, 0.2) is 5.78 Å². The van der Waals surface area contributed by atoms with Gasteiger partial charge in [0.05, 0.1) is 0 Å². The molecule has 1 saturated carbocycles. The van der Waals surface area contributed by atoms with Crippen LogP contribution >= 0.6 is 0 Å². The second kappa shape index (κ2) is 5.87. The molecule has 2 heteroatoms. The third kappa shape index (κ3) is 2.59. The molecule has 0 atom stereocenters. The summed E-state index contributed by atoms with van der Waals surface area (Å²) in [7, 11) is 0. The van der Waals surface area contributed by atoms with Crippen LogP contribution in [0.2, 0.25) is 0 Å². The molecule has 1 aromatic carbocycles. The number of rotatable bonds is 6. The third-order valence-electron chi connectivity index (χ3n) is 4.95. The van der Waals surface area contributed by atoms with Gasteiger partial charge in [-0.05, 0) is 43.2 Å². The van der Waals surface area contributed by atoms with E-state index in [4.69, 9.17) is 5.73 Å². The molecule has 1 aromatic rings. The van der Waals surface area contributed by atoms with Crippen LogP contribution in [0.5, 0.6) is 0 Å². The van der Waals surface area contributed by atoms with E-state index in [1.54, 1.807) is 0 Å². The van der Waals surface area contributed by atoms with Crippen molar-refractivity contribution in [3.63, 3.8) is 0 Å². The summed E-state index contributed by atoms with van der Waals surface area (Å²) in [5, 5.41) is 0. The molecule has 0 aromatic heterocycles. The zero-order valence-corrected chi connectivity index (χ0v) is 12.1. The molecule has 1 fully saturated rings. The molecule has 0 unspecified atom stereocenters. The number of carbonyl (C=O) groups excluding carboxylic acids is 1. The van der Waals surface area contributed by atoms with Gasteiger partial charge in [0, 0.05) is 17.5 Å². The smallest absolute Gasteiger partial charge is 0.170 e. The number of ketones is 1. The molecule has 1 aliphatic rings. The van der Waals surface area contributed by atoms with Crippen molar-refractivity contribution < 1.29 is 4.79 Å². The molecule has 19 heavy (non-hydrogen) atoms. The minimum atomic E-state index is -0.377. The van der Waals surface area contributed by atoms with Gasteiger partial charge in [0.25, 0.3) is 0 Å². The maximum Gasteiger partial charge on any atom is 0.170 e. The minimum absolute atomic E-state index is 0.223. The van der Waals surface area contributed by atoms with Gasteiger partial charge in [-0.15, -0.1) is 0 Å². The van der Waals surface area contributed by atoms with Crippen LogP contribution in [0.3, 0.4) is 0 Å². The Labute approximate surface area is 116 Å². The highest BCUT2D eigenvalue weighted by Gasteiger charge is 2.34. The lowest BCUT2D eigenvalue weighted by Crippen LogP contribution is -2.37. The van der Waals surface area contributed by atoms with E-state index in [0.717, 1.165) is 18.4 Å². The zero-order valence-electron chi connectivity index (χ0n) is 12.1. The number of benzene rings is 1. The van der Waals surface area contributed by atoms with E-state index in [1.807, 2.05) is 12.1 Å². The van der Waals surface area contributed by atoms with Crippen LogP contribution in [0, 0.1) is 5.41 Å². The van der Waals surface area contributed by atoms with Crippen LogP contribution in [0.15, 0.2) is 24.3 Å². The first-order valence-electron chi connectivity index (χ1n) is 7.51. The van der Waals surface area contributed by atoms with Crippen molar-refractivity contribution in [2.75, 3.05) is 6.54 Å². The fourth-order valence-corrected chi connectivity index (χ4v) is 2.93. The lowest BCUT2D eigenvalue weighted by atomic mass is 9.74. The number of hydrogen-bond acceptors (Lipinski definition) is 2. The van der Waals surface area contributed by atoms with Crippen molar-refractivity contribution in [2.24, 2.45) is 11.1 Å². The summed E-state index contributed by atoms with van der Waals surface area (Å²) in [4.78, 5) is 12.8. The molecule has 2 N–H and O–H groups in total. The molecule has 2 nitrogen and oxygen atoms in total. The van der Waals surface area contributed by atoms with Crippen LogP contribution in [0.4, 0.5) is 0 Å². The molecule has 0 spiro atoms. The Morgan fingerprint density at radius 2 is 2.00 bits per heavy atom. The molecule has 0 heterocycles. The van der Waals surface area contributed by atoms with E-state index in [-0.39, 0.29) is 11.2 Å². The quantitative estimate of drug-likeness (QED) is 0.787. The summed E-state index contributed by atoms with van der Waals surface area (Å²) in [6, 6.07) is 8.22. The first-order chi connectivity index (χ1) is 9.16. The molecule has 0 aliphatic heterocycles. The van der Waals surface area contributed by atoms with Gasteiger partial charge in [-0.2, -0.15) is 0 Å². The highest BCUT2D eigenvalue weighted by molar-refractivity contribution is 6.00. The van der Waals surface area contributed by atoms with Gasteiger partial charge in [-0.1, -0.05) is 38.5 Å². The SMILES string of the molecule is CCC(CC)(CN)C(=O)c1cccc(C2CCC2)c1. The van der Waals surface area contributed by atoms with Gasteiger partial charge in [0.2, 0.25) is 0 Å². The largest absolute Gasteiger partial charge is 0.329 e. The first kappa shape index (κ1) is 14.3. The third-order valence-corrected chi connectivity index (χ3v) is 4.95. The van der Waals surface area contributed by atoms with Crippen molar-refractivity contribution in [3.8, 4) is 0 Å². The second-order valence-electron chi connectivity index (χ2n) is 5.77. The standard InChI is InChI=1S/C17H25NO/c1-3-17(4-2,12-18)16(19)15-10-6-9-14(11-15)13-7-5-8-13/h6,9-11,13H,3-5,7-8,12,18H2,1-2H3. The Balaban J connectivity index is 2.27. The summed E-state index contributed by atoms with van der Waals surface area (Å²) in [6.45, 7) is 4.56. The molecule has 0 amide bonds. The van der Waals surface area contributed by atoms with E-state index >= 15 is 0 Å². The summed E-state index contributed by atoms with van der Waals surface area (Å²) in [5.41, 5.74) is 7.68. The summed E-state index contributed by atoms with van der Waals surface area (Å²) in [5.74, 6) is 0.893. The highest BCUT2D eigenvalue weighted by atomic mass is 16.1. The zero-order chi connectivity index (χ0) is 13.9. The summed E-state index contributed by atoms with van der Waals surface area (Å²) < 4.78 is 0. The van der Waals surface area contributed by atoms with E-state index in [0.29, 0.717) is 12.5 Å². The average Bonchev–Trinajstić information content (AvgIpc) is 2.39. The number of hydrogen-bond donors (Lipinski definition) is 1. The first-order valence-corrected chi connectivity index (χ1v) is 7.51. The average molecular weight is 259 g/mol. The van der Waals surface area contributed by atoms with Crippen LogP contribution in [0.1, 0.15) is 67.8 Å². The molecule has 2 rings (SSSR count). The van der Waals surface area contributed by atoms with Crippen LogP contribution < -0.4 is 5.73 Å². The van der Waals surface area contributed by atoms with E-state index < -0.39 is 0 Å². The minimum Gasteiger partial charge on any atom is -0.329 e. The Hall–Kier alpha value is -1.15. The monoisotopic (exact) mass is 259 g/mol. The maximum atomic E-state index is 12.8. The lowest BCUT2D eigenvalue weighted by molar-refractivity contribution is 0.0787. The fraction of sp³-hybridized carbons (Fsp3) is 0.588. The molecule has 0 radical (unpaired) electrons. The maximum absolute atomic E-state index is 12.8. The van der Waals surface area contributed by atoms with Gasteiger partial charge in [0.1, 0.15) is 0 Å². The van der Waals surface area contributed by atoms with Crippen molar-refractivity contribution in [3.05, 3.63) is 35.4 Å². The molecule has 104 valence electrons. The Kier molecular flexibility index (Phi) is 4.41. The fourth-order valence-electron chi connectivity index (χ4n) is 2.93. The van der Waals surface area contributed by atoms with Gasteiger partial charge in [-0.25, -0.2) is 0 Å². The summed E-state index contributed by atoms with van der Waals surface area (Å²) >= 11 is 0. The number of nitrogens with two attached hydrogens (primary N) is 1. The predicted octanol–water partition coefficient (Wildman–Crippen LogP) is 3.90. The number of carbonyl (C=O) groups is 1. The molecular formula is C17H25NO. The Morgan fingerprint density at radius 1 is 1.32 bits per heavy atom. The lowest BCUT2D eigenvalue weighted by Gasteiger charge is -2.30. The van der Waals surface area contributed by atoms with E-state index in [9.17, 15) is 4.79 Å². The molecule has 1 aliphatic carbocycles. The van der Waals surface area contributed by atoms with Crippen molar-refractivity contribution >= 4 is 5.78 Å². The molecule has 0 bridgehead atoms. The Bertz CT molecular complexity index is 436. The topological polar surface area (TPSA) is 43.1 Å². The van der Waals surface area contributed by atoms with Gasteiger partial charge >= 0.3 is 0 Å². The van der Waals surface area contributed by atoms with Crippen LogP contribution in [-0.4, -0.2) is 12.3 Å². The van der Waals surface area contributed by atoms with Crippen molar-refractivity contribution in [1.29, 1.82) is 0 Å². The highest BCUT2D eigenvalue weighted by Crippen LogP contribution is 2.37. The number of Topliss-reactive ketones (excluding diaryl/α,β-unsaturated/α-hetero) is 1. The van der Waals surface area contributed by atoms with E-state index in [1.165, 1.54) is 24.8 Å². The van der Waals surface area contributed by atoms with Crippen LogP contribution in [-0.2, 0) is 0 Å².